The number of para-hydroxylation sites is 12. The molecule has 11 aliphatic rings. The van der Waals surface area contributed by atoms with E-state index in [1.807, 2.05) is 0 Å². The van der Waals surface area contributed by atoms with Gasteiger partial charge in [0.1, 0.15) is 23.3 Å². The third-order valence-electron chi connectivity index (χ3n) is 32.7. The average molecular weight is 1730 g/mol. The summed E-state index contributed by atoms with van der Waals surface area (Å²) in [5, 5.41) is 0. The third kappa shape index (κ3) is 12.7. The summed E-state index contributed by atoms with van der Waals surface area (Å²) in [4.78, 5) is 20.5. The van der Waals surface area contributed by atoms with Gasteiger partial charge in [-0.15, -0.1) is 0 Å². The van der Waals surface area contributed by atoms with Crippen LogP contribution in [0.5, 0.6) is 0 Å². The van der Waals surface area contributed by atoms with Gasteiger partial charge in [-0.25, -0.2) is 19.9 Å². The number of fused-ring (bicyclic) bond motifs is 37. The van der Waals surface area contributed by atoms with Crippen molar-refractivity contribution in [3.05, 3.63) is 253 Å². The van der Waals surface area contributed by atoms with Crippen LogP contribution < -0.4 is 29.8 Å². The van der Waals surface area contributed by atoms with Gasteiger partial charge in [-0.2, -0.15) is 0 Å². The van der Waals surface area contributed by atoms with Gasteiger partial charge in [0.05, 0.1) is 44.1 Å². The van der Waals surface area contributed by atoms with Gasteiger partial charge in [-0.1, -0.05) is 217 Å². The number of anilines is 4. The van der Waals surface area contributed by atoms with E-state index in [4.69, 9.17) is 19.9 Å². The number of benzene rings is 10. The predicted molar refractivity (Wildman–Crippen MR) is 571 cm³/mol. The maximum atomic E-state index is 5.20. The van der Waals surface area contributed by atoms with Crippen LogP contribution in [-0.4, -0.2) is 308 Å². The van der Waals surface area contributed by atoms with Crippen LogP contribution in [0.15, 0.2) is 231 Å². The summed E-state index contributed by atoms with van der Waals surface area (Å²) >= 11 is 0. The summed E-state index contributed by atoms with van der Waals surface area (Å²) in [5.41, 5.74) is 26.7. The summed E-state index contributed by atoms with van der Waals surface area (Å²) in [6.45, 7) is 32.6. The molecule has 0 bridgehead atoms. The monoisotopic (exact) mass is 1730 g/mol. The number of aromatic nitrogens is 8. The molecule has 0 spiro atoms. The van der Waals surface area contributed by atoms with Crippen LogP contribution in [0.25, 0.3) is 89.7 Å². The van der Waals surface area contributed by atoms with Gasteiger partial charge in [0, 0.05) is 45.0 Å². The van der Waals surface area contributed by atoms with Gasteiger partial charge < -0.3 is 103 Å². The van der Waals surface area contributed by atoms with Crippen molar-refractivity contribution in [2.75, 3.05) is 96.4 Å². The molecule has 0 saturated carbocycles. The van der Waals surface area contributed by atoms with E-state index in [9.17, 15) is 0 Å². The molecule has 132 heavy (non-hydrogen) atoms. The number of aryl methyl sites for hydroxylation is 4. The summed E-state index contributed by atoms with van der Waals surface area (Å²) in [6, 6.07) is 82.5. The maximum Gasteiger partial charge on any atom is 0.455 e. The highest BCUT2D eigenvalue weighted by atomic mass is 15.5. The minimum Gasteiger partial charge on any atom is -0.415 e. The van der Waals surface area contributed by atoms with Gasteiger partial charge in [-0.05, 0) is 213 Å². The minimum absolute atomic E-state index is 0.0202. The van der Waals surface area contributed by atoms with Crippen molar-refractivity contribution >= 4 is 204 Å². The van der Waals surface area contributed by atoms with Crippen molar-refractivity contribution in [3.63, 3.8) is 0 Å². The fourth-order valence-corrected chi connectivity index (χ4v) is 25.0. The molecule has 646 valence electrons. The van der Waals surface area contributed by atoms with E-state index in [-0.39, 0.29) is 91.7 Å². The van der Waals surface area contributed by atoms with E-state index in [1.165, 1.54) is 94.7 Å². The SMILES string of the molecule is CB1N(C)B(C)N2B(C)N(C)B3N(B2N1C)c1ccccc1-c1nc2ccccc2n13.CB1N(C)B(C)N2B(N1C)N(C)B(C)N1B2n2c(nc3ccccc32)-c2ccccc21.CB1N(C)B(C)N2B(N1C)N(C)B1N(B2C)c2ccccc2-c2nc3ccccc3n21.Cc1cccc(C)c1B1N(C)B(c2c(C)cccc2C)N2B(N1C)n1c(nc3ccccc31)-c1ccccc12. The molecular weight excluding hydrogens is 1620 g/mol. The Morgan fingerprint density at radius 1 is 0.197 bits per heavy atom. The number of nitrogens with zero attached hydrogens (tertiary/aromatic N) is 26. The highest BCUT2D eigenvalue weighted by Crippen LogP contribution is 2.49. The first-order chi connectivity index (χ1) is 63.6. The molecule has 4 aromatic heterocycles. The molecule has 0 aliphatic carbocycles. The van der Waals surface area contributed by atoms with Crippen LogP contribution in [0.4, 0.5) is 22.7 Å². The van der Waals surface area contributed by atoms with E-state index in [1.54, 1.807) is 0 Å². The third-order valence-corrected chi connectivity index (χ3v) is 32.7. The average Bonchev–Trinajstić information content (AvgIpc) is 1.32. The van der Waals surface area contributed by atoms with Crippen molar-refractivity contribution in [1.82, 2.24) is 104 Å². The van der Waals surface area contributed by atoms with Crippen molar-refractivity contribution in [3.8, 4) is 45.6 Å². The Labute approximate surface area is 786 Å². The topological polar surface area (TPSA) is 130 Å². The van der Waals surface area contributed by atoms with Crippen molar-refractivity contribution in [2.24, 2.45) is 0 Å². The zero-order valence-corrected chi connectivity index (χ0v) is 81.0. The lowest BCUT2D eigenvalue weighted by atomic mass is 9.37. The van der Waals surface area contributed by atoms with Crippen LogP contribution in [0.3, 0.4) is 0 Å². The second-order valence-corrected chi connectivity index (χ2v) is 39.0. The molecule has 7 saturated heterocycles. The lowest BCUT2D eigenvalue weighted by Gasteiger charge is -2.62. The van der Waals surface area contributed by atoms with Crippen molar-refractivity contribution in [1.29, 1.82) is 0 Å². The first kappa shape index (κ1) is 87.2. The number of rotatable bonds is 2. The Kier molecular flexibility index (Phi) is 21.7. The molecule has 0 radical (unpaired) electrons. The van der Waals surface area contributed by atoms with Crippen LogP contribution in [0, 0.1) is 27.7 Å². The summed E-state index contributed by atoms with van der Waals surface area (Å²) in [7, 11) is 25.4. The molecule has 25 rings (SSSR count). The van der Waals surface area contributed by atoms with Gasteiger partial charge >= 0.3 is 77.8 Å². The molecule has 10 aromatic carbocycles. The smallest absolute Gasteiger partial charge is 0.415 e. The Morgan fingerprint density at radius 3 is 0.871 bits per heavy atom. The molecular formula is C88H110B18N26. The molecule has 0 N–H and O–H groups in total. The van der Waals surface area contributed by atoms with Gasteiger partial charge in [0.15, 0.2) is 0 Å². The molecule has 7 fully saturated rings. The predicted octanol–water partition coefficient (Wildman–Crippen LogP) is 9.72. The Morgan fingerprint density at radius 2 is 0.470 bits per heavy atom. The minimum atomic E-state index is -0.0634. The quantitative estimate of drug-likeness (QED) is 0.152. The molecule has 44 heteroatoms. The maximum absolute atomic E-state index is 5.20. The van der Waals surface area contributed by atoms with Gasteiger partial charge in [-0.3, -0.25) is 0 Å². The van der Waals surface area contributed by atoms with Crippen molar-refractivity contribution in [2.45, 2.75) is 89.1 Å². The number of imidazole rings is 4. The van der Waals surface area contributed by atoms with Crippen LogP contribution >= 0.6 is 0 Å². The van der Waals surface area contributed by atoms with E-state index < -0.39 is 0 Å². The van der Waals surface area contributed by atoms with E-state index >= 15 is 0 Å². The molecule has 0 unspecified atom stereocenters. The Hall–Kier alpha value is -10.1. The Balaban J connectivity index is 0.000000103. The second-order valence-electron chi connectivity index (χ2n) is 39.0. The van der Waals surface area contributed by atoms with E-state index in [0.717, 1.165) is 50.9 Å². The highest BCUT2D eigenvalue weighted by Gasteiger charge is 2.66. The first-order valence-electron chi connectivity index (χ1n) is 47.4. The van der Waals surface area contributed by atoms with Gasteiger partial charge in [0.25, 0.3) is 48.9 Å². The molecule has 0 amide bonds. The van der Waals surface area contributed by atoms with Crippen LogP contribution in [0.1, 0.15) is 22.3 Å². The molecule has 11 aliphatic heterocycles. The molecule has 15 heterocycles. The number of hydrogen-bond acceptors (Lipinski definition) is 22. The fraction of sp³-hybridized carbons (Fsp3) is 0.273. The Bertz CT molecular complexity index is 6690. The zero-order valence-electron chi connectivity index (χ0n) is 81.0. The van der Waals surface area contributed by atoms with E-state index in [2.05, 4.69) is 500 Å². The highest BCUT2D eigenvalue weighted by molar-refractivity contribution is 7.06. The molecule has 26 nitrogen and oxygen atoms in total. The second kappa shape index (κ2) is 32.9. The van der Waals surface area contributed by atoms with Gasteiger partial charge in [0.2, 0.25) is 0 Å². The normalized spacial score (nSPS) is 18.9. The standard InChI is InChI=1S/C31H32B3N5.3C19H26B5N7/c1-21-13-11-14-22(2)29(21)32-36(5)33(30-23(3)15-12-16-24(30)4)39-27-19-9-7-17-25(27)31-35-26-18-8-10-20-28(26)38(31)34(39)37(32)6;1-20-26(4)22(3)31-23(27(20)5)28(6)21(2)30-17-13-9-7-11-15(17)19-25-16-12-8-10-14-18(16)29(19)24(30)31;1-20-26(4)21(2)31-22(3)28(6)23-29-18-14-10-8-12-16(18)25-19(29)15-11-7-9-13-17(15)30(23)24(31)27(20)5;1-20-26(4)21(2)31-22(3)30-17-13-9-7-11-15(17)19-25-16-12-8-10-14-18(16)29(19)24(30)28(6)23(31)27(20)5/h7-20H,1-6H3;3*7-14H,1-6H3. The lowest BCUT2D eigenvalue weighted by Crippen LogP contribution is -2.89. The summed E-state index contributed by atoms with van der Waals surface area (Å²) in [6.07, 6.45) is 0. The van der Waals surface area contributed by atoms with Crippen molar-refractivity contribution < 1.29 is 0 Å². The first-order valence-corrected chi connectivity index (χ1v) is 47.4. The fourth-order valence-electron chi connectivity index (χ4n) is 25.0. The summed E-state index contributed by atoms with van der Waals surface area (Å²) in [5.74, 6) is 4.21. The van der Waals surface area contributed by atoms with E-state index in [0.29, 0.717) is 34.9 Å². The van der Waals surface area contributed by atoms with Crippen LogP contribution in [-0.2, 0) is 0 Å². The molecule has 0 atom stereocenters. The number of hydrogen-bond donors (Lipinski definition) is 0. The zero-order chi connectivity index (χ0) is 91.8. The largest absolute Gasteiger partial charge is 0.455 e. The van der Waals surface area contributed by atoms with Crippen LogP contribution in [0.2, 0.25) is 61.4 Å². The lowest BCUT2D eigenvalue weighted by molar-refractivity contribution is 0.512. The molecule has 14 aromatic rings. The summed E-state index contributed by atoms with van der Waals surface area (Å²) < 4.78 is 55.4.